The number of hydrogen-bond donors (Lipinski definition) is 3. The van der Waals surface area contributed by atoms with Crippen LogP contribution in [0.2, 0.25) is 0 Å². The van der Waals surface area contributed by atoms with Gasteiger partial charge in [0, 0.05) is 22.7 Å². The third-order valence-corrected chi connectivity index (χ3v) is 6.25. The lowest BCUT2D eigenvalue weighted by molar-refractivity contribution is -0.131. The molecule has 3 aromatic rings. The van der Waals surface area contributed by atoms with Crippen LogP contribution in [0, 0.1) is 0 Å². The van der Waals surface area contributed by atoms with E-state index in [1.807, 2.05) is 37.3 Å². The number of carbonyl (C=O) groups excluding carboxylic acids is 2. The summed E-state index contributed by atoms with van der Waals surface area (Å²) in [5.41, 5.74) is 1.36. The molecule has 0 bridgehead atoms. The van der Waals surface area contributed by atoms with Crippen molar-refractivity contribution in [3.63, 3.8) is 0 Å². The van der Waals surface area contributed by atoms with E-state index in [2.05, 4.69) is 15.6 Å². The summed E-state index contributed by atoms with van der Waals surface area (Å²) in [6, 6.07) is 14.7. The Hall–Kier alpha value is -3.17. The summed E-state index contributed by atoms with van der Waals surface area (Å²) < 4.78 is 1.01. The number of carboxylic acid groups (broad SMARTS) is 1. The van der Waals surface area contributed by atoms with Crippen molar-refractivity contribution < 1.29 is 19.5 Å². The maximum atomic E-state index is 12.7. The standard InChI is InChI=1S/C21H19N3O4S2/c1-2-16(20(28)24-21-23-15-8-3-4-9-17(15)30-21)29-14-7-5-6-13(12-14)22-18(25)10-11-19(26)27/h3-12,16H,2H2,1H3,(H,22,25)(H,26,27)(H,23,24,28)/b11-10+. The average molecular weight is 442 g/mol. The molecular weight excluding hydrogens is 422 g/mol. The van der Waals surface area contributed by atoms with Crippen molar-refractivity contribution in [2.75, 3.05) is 10.6 Å². The first kappa shape index (κ1) is 21.5. The van der Waals surface area contributed by atoms with E-state index in [0.29, 0.717) is 17.2 Å². The third-order valence-electron chi connectivity index (χ3n) is 3.94. The number of benzene rings is 2. The molecule has 0 saturated heterocycles. The predicted molar refractivity (Wildman–Crippen MR) is 120 cm³/mol. The van der Waals surface area contributed by atoms with Gasteiger partial charge < -0.3 is 15.7 Å². The molecule has 0 aliphatic carbocycles. The summed E-state index contributed by atoms with van der Waals surface area (Å²) in [5.74, 6) is -1.88. The number of anilines is 2. The number of aromatic nitrogens is 1. The Labute approximate surface area is 181 Å². The Morgan fingerprint density at radius 2 is 1.93 bits per heavy atom. The highest BCUT2D eigenvalue weighted by molar-refractivity contribution is 8.00. The molecule has 0 spiro atoms. The van der Waals surface area contributed by atoms with Gasteiger partial charge in [0.2, 0.25) is 11.8 Å². The highest BCUT2D eigenvalue weighted by atomic mass is 32.2. The maximum Gasteiger partial charge on any atom is 0.328 e. The number of carbonyl (C=O) groups is 3. The molecule has 1 heterocycles. The number of fused-ring (bicyclic) bond motifs is 1. The number of nitrogens with one attached hydrogen (secondary N) is 2. The van der Waals surface area contributed by atoms with Crippen molar-refractivity contribution in [2.45, 2.75) is 23.5 Å². The van der Waals surface area contributed by atoms with Crippen LogP contribution < -0.4 is 10.6 Å². The van der Waals surface area contributed by atoms with Crippen LogP contribution in [-0.4, -0.2) is 33.1 Å². The first-order valence-corrected chi connectivity index (χ1v) is 10.8. The van der Waals surface area contributed by atoms with Gasteiger partial charge in [-0.25, -0.2) is 9.78 Å². The molecule has 2 amide bonds. The molecule has 1 aromatic heterocycles. The number of carboxylic acids is 1. The molecule has 0 aliphatic rings. The van der Waals surface area contributed by atoms with Crippen molar-refractivity contribution in [3.8, 4) is 0 Å². The lowest BCUT2D eigenvalue weighted by atomic mass is 10.3. The van der Waals surface area contributed by atoms with E-state index >= 15 is 0 Å². The number of para-hydroxylation sites is 1. The fraction of sp³-hybridized carbons (Fsp3) is 0.143. The zero-order valence-corrected chi connectivity index (χ0v) is 17.6. The van der Waals surface area contributed by atoms with E-state index in [9.17, 15) is 14.4 Å². The van der Waals surface area contributed by atoms with Gasteiger partial charge in [-0.05, 0) is 36.8 Å². The minimum atomic E-state index is -1.20. The number of thioether (sulfide) groups is 1. The van der Waals surface area contributed by atoms with E-state index < -0.39 is 11.9 Å². The number of aliphatic carboxylic acids is 1. The minimum Gasteiger partial charge on any atom is -0.478 e. The van der Waals surface area contributed by atoms with Gasteiger partial charge in [0.15, 0.2) is 5.13 Å². The van der Waals surface area contributed by atoms with Crippen LogP contribution in [-0.2, 0) is 14.4 Å². The van der Waals surface area contributed by atoms with E-state index in [1.165, 1.54) is 23.1 Å². The molecule has 0 saturated carbocycles. The summed E-state index contributed by atoms with van der Waals surface area (Å²) in [4.78, 5) is 40.2. The van der Waals surface area contributed by atoms with E-state index in [4.69, 9.17) is 5.11 Å². The smallest absolute Gasteiger partial charge is 0.328 e. The Kier molecular flexibility index (Phi) is 7.21. The van der Waals surface area contributed by atoms with Crippen molar-refractivity contribution >= 4 is 61.9 Å². The zero-order valence-electron chi connectivity index (χ0n) is 16.0. The summed E-state index contributed by atoms with van der Waals surface area (Å²) in [6.45, 7) is 1.93. The fourth-order valence-electron chi connectivity index (χ4n) is 2.58. The van der Waals surface area contributed by atoms with Crippen molar-refractivity contribution in [1.29, 1.82) is 0 Å². The second kappa shape index (κ2) is 10.0. The van der Waals surface area contributed by atoms with Gasteiger partial charge in [-0.15, -0.1) is 11.8 Å². The molecule has 30 heavy (non-hydrogen) atoms. The Morgan fingerprint density at radius 1 is 1.13 bits per heavy atom. The number of nitrogens with zero attached hydrogens (tertiary/aromatic N) is 1. The molecule has 2 aromatic carbocycles. The molecule has 3 rings (SSSR count). The van der Waals surface area contributed by atoms with Crippen LogP contribution in [0.25, 0.3) is 10.2 Å². The SMILES string of the molecule is CCC(Sc1cccc(NC(=O)/C=C/C(=O)O)c1)C(=O)Nc1nc2ccccc2s1. The summed E-state index contributed by atoms with van der Waals surface area (Å²) in [6.07, 6.45) is 2.33. The van der Waals surface area contributed by atoms with Gasteiger partial charge in [-0.2, -0.15) is 0 Å². The highest BCUT2D eigenvalue weighted by Gasteiger charge is 2.19. The van der Waals surface area contributed by atoms with Gasteiger partial charge in [0.05, 0.1) is 15.5 Å². The van der Waals surface area contributed by atoms with Crippen LogP contribution in [0.4, 0.5) is 10.8 Å². The number of amides is 2. The van der Waals surface area contributed by atoms with Crippen molar-refractivity contribution in [1.82, 2.24) is 4.98 Å². The van der Waals surface area contributed by atoms with Gasteiger partial charge in [0.1, 0.15) is 0 Å². The van der Waals surface area contributed by atoms with Crippen LogP contribution in [0.15, 0.2) is 65.6 Å². The lowest BCUT2D eigenvalue weighted by Crippen LogP contribution is -2.24. The molecule has 0 aliphatic heterocycles. The summed E-state index contributed by atoms with van der Waals surface area (Å²) in [7, 11) is 0. The first-order valence-electron chi connectivity index (χ1n) is 9.09. The molecule has 9 heteroatoms. The lowest BCUT2D eigenvalue weighted by Gasteiger charge is -2.14. The van der Waals surface area contributed by atoms with Gasteiger partial charge in [-0.3, -0.25) is 9.59 Å². The first-order chi connectivity index (χ1) is 14.4. The summed E-state index contributed by atoms with van der Waals surface area (Å²) >= 11 is 2.81. The Bertz CT molecular complexity index is 1080. The Balaban J connectivity index is 1.65. The van der Waals surface area contributed by atoms with Gasteiger partial charge in [0.25, 0.3) is 0 Å². The number of rotatable bonds is 8. The highest BCUT2D eigenvalue weighted by Crippen LogP contribution is 2.30. The van der Waals surface area contributed by atoms with E-state index in [-0.39, 0.29) is 11.2 Å². The largest absolute Gasteiger partial charge is 0.478 e. The third kappa shape index (κ3) is 5.91. The molecule has 7 nitrogen and oxygen atoms in total. The minimum absolute atomic E-state index is 0.139. The van der Waals surface area contributed by atoms with E-state index in [0.717, 1.165) is 27.3 Å². The predicted octanol–water partition coefficient (Wildman–Crippen LogP) is 4.39. The van der Waals surface area contributed by atoms with Gasteiger partial charge in [-0.1, -0.05) is 36.5 Å². The maximum absolute atomic E-state index is 12.7. The molecule has 1 unspecified atom stereocenters. The molecule has 154 valence electrons. The van der Waals surface area contributed by atoms with E-state index in [1.54, 1.807) is 18.2 Å². The van der Waals surface area contributed by atoms with Gasteiger partial charge >= 0.3 is 5.97 Å². The Morgan fingerprint density at radius 3 is 2.67 bits per heavy atom. The summed E-state index contributed by atoms with van der Waals surface area (Å²) in [5, 5.41) is 14.3. The van der Waals surface area contributed by atoms with Crippen LogP contribution in [0.5, 0.6) is 0 Å². The second-order valence-electron chi connectivity index (χ2n) is 6.18. The molecule has 0 fully saturated rings. The molecule has 1 atom stereocenters. The molecular formula is C21H19N3O4S2. The normalized spacial score (nSPS) is 12.0. The van der Waals surface area contributed by atoms with Crippen molar-refractivity contribution in [2.24, 2.45) is 0 Å². The van der Waals surface area contributed by atoms with Crippen LogP contribution >= 0.6 is 23.1 Å². The zero-order chi connectivity index (χ0) is 21.5. The molecule has 3 N–H and O–H groups in total. The van der Waals surface area contributed by atoms with Crippen LogP contribution in [0.1, 0.15) is 13.3 Å². The average Bonchev–Trinajstić information content (AvgIpc) is 3.13. The van der Waals surface area contributed by atoms with Crippen molar-refractivity contribution in [3.05, 3.63) is 60.7 Å². The monoisotopic (exact) mass is 441 g/mol. The fourth-order valence-corrected chi connectivity index (χ4v) is 4.46. The topological polar surface area (TPSA) is 108 Å². The number of thiazole rings is 1. The number of hydrogen-bond acceptors (Lipinski definition) is 6. The van der Waals surface area contributed by atoms with Crippen LogP contribution in [0.3, 0.4) is 0 Å². The second-order valence-corrected chi connectivity index (χ2v) is 8.49. The molecule has 0 radical (unpaired) electrons. The quantitative estimate of drug-likeness (QED) is 0.353.